The van der Waals surface area contributed by atoms with Crippen LogP contribution < -0.4 is 10.1 Å². The van der Waals surface area contributed by atoms with E-state index >= 15 is 0 Å². The highest BCUT2D eigenvalue weighted by Crippen LogP contribution is 2.29. The molecule has 0 aliphatic heterocycles. The normalized spacial score (nSPS) is 10.7. The predicted octanol–water partition coefficient (Wildman–Crippen LogP) is 5.23. The third-order valence-corrected chi connectivity index (χ3v) is 5.43. The van der Waals surface area contributed by atoms with Crippen molar-refractivity contribution < 1.29 is 9.53 Å². The van der Waals surface area contributed by atoms with Crippen LogP contribution in [0, 0.1) is 6.92 Å². The Morgan fingerprint density at radius 3 is 2.76 bits per heavy atom. The van der Waals surface area contributed by atoms with Gasteiger partial charge in [0.2, 0.25) is 5.91 Å². The van der Waals surface area contributed by atoms with Gasteiger partial charge in [-0.1, -0.05) is 35.9 Å². The summed E-state index contributed by atoms with van der Waals surface area (Å²) in [5, 5.41) is 5.85. The number of methoxy groups -OCH3 is 1. The molecule has 2 aromatic carbocycles. The largest absolute Gasteiger partial charge is 0.497 e. The third-order valence-electron chi connectivity index (χ3n) is 4.57. The average molecular weight is 404 g/mol. The molecule has 4 aromatic rings. The van der Waals surface area contributed by atoms with Crippen molar-refractivity contribution in [2.75, 3.05) is 12.4 Å². The van der Waals surface area contributed by atoms with E-state index in [1.165, 1.54) is 5.56 Å². The molecule has 0 spiro atoms. The van der Waals surface area contributed by atoms with Crippen LogP contribution in [-0.2, 0) is 11.3 Å². The van der Waals surface area contributed by atoms with Crippen LogP contribution in [0.1, 0.15) is 5.56 Å². The summed E-state index contributed by atoms with van der Waals surface area (Å²) < 4.78 is 7.11. The molecule has 1 amide bonds. The first-order chi connectivity index (χ1) is 14.1. The first-order valence-electron chi connectivity index (χ1n) is 9.24. The predicted molar refractivity (Wildman–Crippen MR) is 117 cm³/mol. The van der Waals surface area contributed by atoms with Crippen molar-refractivity contribution in [3.63, 3.8) is 0 Å². The molecule has 0 aliphatic rings. The molecule has 0 atom stereocenters. The van der Waals surface area contributed by atoms with E-state index in [9.17, 15) is 4.79 Å². The maximum Gasteiger partial charge on any atom is 0.244 e. The van der Waals surface area contributed by atoms with Gasteiger partial charge in [-0.3, -0.25) is 4.79 Å². The van der Waals surface area contributed by atoms with E-state index in [4.69, 9.17) is 9.72 Å². The number of aryl methyl sites for hydroxylation is 1. The first-order valence-corrected chi connectivity index (χ1v) is 10.1. The number of thiazole rings is 1. The molecule has 0 aliphatic carbocycles. The summed E-state index contributed by atoms with van der Waals surface area (Å²) in [6.07, 6.45) is 1.90. The number of hydrogen-bond acceptors (Lipinski definition) is 4. The van der Waals surface area contributed by atoms with Gasteiger partial charge < -0.3 is 14.6 Å². The summed E-state index contributed by atoms with van der Waals surface area (Å²) >= 11 is 1.58. The average Bonchev–Trinajstić information content (AvgIpc) is 3.38. The van der Waals surface area contributed by atoms with Crippen molar-refractivity contribution in [1.29, 1.82) is 0 Å². The van der Waals surface area contributed by atoms with Gasteiger partial charge in [0.1, 0.15) is 17.3 Å². The maximum atomic E-state index is 12.5. The molecule has 1 N–H and O–H groups in total. The minimum Gasteiger partial charge on any atom is -0.497 e. The van der Waals surface area contributed by atoms with E-state index in [0.717, 1.165) is 22.0 Å². The van der Waals surface area contributed by atoms with E-state index in [0.29, 0.717) is 11.4 Å². The lowest BCUT2D eigenvalue weighted by molar-refractivity contribution is -0.116. The van der Waals surface area contributed by atoms with Crippen LogP contribution >= 0.6 is 11.3 Å². The zero-order valence-electron chi connectivity index (χ0n) is 16.3. The van der Waals surface area contributed by atoms with Crippen LogP contribution in [0.2, 0.25) is 0 Å². The maximum absolute atomic E-state index is 12.5. The molecule has 0 bridgehead atoms. The number of rotatable bonds is 6. The smallest absolute Gasteiger partial charge is 0.244 e. The molecule has 2 heterocycles. The summed E-state index contributed by atoms with van der Waals surface area (Å²) in [6.45, 7) is 2.28. The molecule has 6 heteroatoms. The Hall–Kier alpha value is -3.38. The first kappa shape index (κ1) is 19.0. The van der Waals surface area contributed by atoms with Crippen molar-refractivity contribution in [3.8, 4) is 27.7 Å². The van der Waals surface area contributed by atoms with Crippen molar-refractivity contribution >= 4 is 22.9 Å². The Labute approximate surface area is 173 Å². The summed E-state index contributed by atoms with van der Waals surface area (Å²) in [4.78, 5) is 17.3. The highest BCUT2D eigenvalue weighted by molar-refractivity contribution is 7.13. The number of aromatic nitrogens is 2. The standard InChI is InChI=1S/C23H21N3O2S/c1-16-8-10-17(11-9-16)20-15-29-23(25-20)21-7-4-12-26(21)14-22(27)24-18-5-3-6-19(13-18)28-2/h3-13,15H,14H2,1-2H3,(H,24,27). The van der Waals surface area contributed by atoms with Crippen LogP contribution in [0.5, 0.6) is 5.75 Å². The van der Waals surface area contributed by atoms with Gasteiger partial charge in [-0.2, -0.15) is 0 Å². The molecule has 0 unspecified atom stereocenters. The fourth-order valence-electron chi connectivity index (χ4n) is 3.05. The second-order valence-electron chi connectivity index (χ2n) is 6.71. The summed E-state index contributed by atoms with van der Waals surface area (Å²) in [6, 6.07) is 19.6. The van der Waals surface area contributed by atoms with Gasteiger partial charge in [0, 0.05) is 28.9 Å². The molecule has 4 rings (SSSR count). The Morgan fingerprint density at radius 1 is 1.14 bits per heavy atom. The van der Waals surface area contributed by atoms with Gasteiger partial charge in [0.25, 0.3) is 0 Å². The van der Waals surface area contributed by atoms with Crippen LogP contribution in [0.25, 0.3) is 22.0 Å². The van der Waals surface area contributed by atoms with Gasteiger partial charge in [-0.05, 0) is 31.2 Å². The van der Waals surface area contributed by atoms with E-state index in [1.54, 1.807) is 24.5 Å². The molecule has 0 radical (unpaired) electrons. The van der Waals surface area contributed by atoms with Gasteiger partial charge in [-0.15, -0.1) is 11.3 Å². The lowest BCUT2D eigenvalue weighted by Gasteiger charge is -2.09. The number of anilines is 1. The van der Waals surface area contributed by atoms with Crippen LogP contribution in [0.4, 0.5) is 5.69 Å². The minimum atomic E-state index is -0.106. The van der Waals surface area contributed by atoms with Gasteiger partial charge in [-0.25, -0.2) is 4.98 Å². The summed E-state index contributed by atoms with van der Waals surface area (Å²) in [7, 11) is 1.60. The van der Waals surface area contributed by atoms with Gasteiger partial charge in [0.05, 0.1) is 18.5 Å². The SMILES string of the molecule is COc1cccc(NC(=O)Cn2cccc2-c2nc(-c3ccc(C)cc3)cs2)c1. The highest BCUT2D eigenvalue weighted by atomic mass is 32.1. The summed E-state index contributed by atoms with van der Waals surface area (Å²) in [5.74, 6) is 0.599. The van der Waals surface area contributed by atoms with Crippen LogP contribution in [-0.4, -0.2) is 22.6 Å². The molecule has 0 saturated carbocycles. The Balaban J connectivity index is 1.50. The lowest BCUT2D eigenvalue weighted by atomic mass is 10.1. The van der Waals surface area contributed by atoms with Gasteiger partial charge >= 0.3 is 0 Å². The van der Waals surface area contributed by atoms with Crippen molar-refractivity contribution in [2.45, 2.75) is 13.5 Å². The van der Waals surface area contributed by atoms with Crippen molar-refractivity contribution in [1.82, 2.24) is 9.55 Å². The number of hydrogen-bond donors (Lipinski definition) is 1. The Morgan fingerprint density at radius 2 is 1.97 bits per heavy atom. The fraction of sp³-hybridized carbons (Fsp3) is 0.130. The van der Waals surface area contributed by atoms with Gasteiger partial charge in [0.15, 0.2) is 0 Å². The highest BCUT2D eigenvalue weighted by Gasteiger charge is 2.13. The molecule has 0 saturated heterocycles. The lowest BCUT2D eigenvalue weighted by Crippen LogP contribution is -2.18. The number of ether oxygens (including phenoxy) is 1. The zero-order chi connectivity index (χ0) is 20.2. The number of carbonyl (C=O) groups excluding carboxylic acids is 1. The topological polar surface area (TPSA) is 56.1 Å². The molecule has 146 valence electrons. The molecular formula is C23H21N3O2S. The van der Waals surface area contributed by atoms with E-state index < -0.39 is 0 Å². The molecule has 29 heavy (non-hydrogen) atoms. The van der Waals surface area contributed by atoms with E-state index in [1.807, 2.05) is 46.5 Å². The molecule has 5 nitrogen and oxygen atoms in total. The number of nitrogens with zero attached hydrogens (tertiary/aromatic N) is 2. The van der Waals surface area contributed by atoms with E-state index in [2.05, 4.69) is 36.5 Å². The second-order valence-corrected chi connectivity index (χ2v) is 7.56. The van der Waals surface area contributed by atoms with Crippen LogP contribution in [0.3, 0.4) is 0 Å². The molecule has 0 fully saturated rings. The second kappa shape index (κ2) is 8.32. The zero-order valence-corrected chi connectivity index (χ0v) is 17.1. The quantitative estimate of drug-likeness (QED) is 0.479. The molecular weight excluding hydrogens is 382 g/mol. The van der Waals surface area contributed by atoms with Crippen LogP contribution in [0.15, 0.2) is 72.2 Å². The van der Waals surface area contributed by atoms with Crippen molar-refractivity contribution in [3.05, 3.63) is 77.8 Å². The van der Waals surface area contributed by atoms with Crippen molar-refractivity contribution in [2.24, 2.45) is 0 Å². The fourth-order valence-corrected chi connectivity index (χ4v) is 3.92. The monoisotopic (exact) mass is 403 g/mol. The Kier molecular flexibility index (Phi) is 5.44. The third kappa shape index (κ3) is 4.38. The minimum absolute atomic E-state index is 0.106. The number of benzene rings is 2. The van der Waals surface area contributed by atoms with E-state index in [-0.39, 0.29) is 12.5 Å². The molecule has 2 aromatic heterocycles. The summed E-state index contributed by atoms with van der Waals surface area (Å²) in [5.41, 5.74) is 4.89. The number of nitrogens with one attached hydrogen (secondary N) is 1. The number of carbonyl (C=O) groups is 1. The Bertz CT molecular complexity index is 1130. The number of amides is 1.